The zero-order valence-corrected chi connectivity index (χ0v) is 13.6. The summed E-state index contributed by atoms with van der Waals surface area (Å²) >= 11 is 12.1. The summed E-state index contributed by atoms with van der Waals surface area (Å²) in [6.07, 6.45) is 0. The maximum absolute atomic E-state index is 12.0. The number of ether oxygens (including phenoxy) is 2. The van der Waals surface area contributed by atoms with Crippen LogP contribution >= 0.6 is 23.2 Å². The number of rotatable bonds is 4. The zero-order chi connectivity index (χ0) is 16.2. The van der Waals surface area contributed by atoms with Crippen molar-refractivity contribution in [3.8, 4) is 11.5 Å². The van der Waals surface area contributed by atoms with Crippen LogP contribution in [-0.4, -0.2) is 25.7 Å². The molecule has 2 aromatic rings. The molecule has 1 heterocycles. The zero-order valence-electron chi connectivity index (χ0n) is 12.1. The monoisotopic (exact) mass is 352 g/mol. The number of hydrogen-bond acceptors (Lipinski definition) is 4. The summed E-state index contributed by atoms with van der Waals surface area (Å²) in [7, 11) is 0. The molecule has 3 rings (SSSR count). The maximum atomic E-state index is 12.0. The van der Waals surface area contributed by atoms with Crippen LogP contribution in [0.3, 0.4) is 0 Å². The molecule has 0 unspecified atom stereocenters. The van der Waals surface area contributed by atoms with Gasteiger partial charge < -0.3 is 20.1 Å². The minimum atomic E-state index is -0.224. The van der Waals surface area contributed by atoms with E-state index in [1.54, 1.807) is 36.4 Å². The predicted octanol–water partition coefficient (Wildman–Crippen LogP) is 3.82. The van der Waals surface area contributed by atoms with Crippen molar-refractivity contribution in [3.63, 3.8) is 0 Å². The highest BCUT2D eigenvalue weighted by atomic mass is 35.5. The number of carbonyl (C=O) groups excluding carboxylic acids is 1. The van der Waals surface area contributed by atoms with Gasteiger partial charge in [0.25, 0.3) is 0 Å². The Morgan fingerprint density at radius 1 is 1.04 bits per heavy atom. The average Bonchev–Trinajstić information content (AvgIpc) is 2.54. The molecule has 0 saturated carbocycles. The van der Waals surface area contributed by atoms with Crippen molar-refractivity contribution in [1.82, 2.24) is 0 Å². The first-order valence-corrected chi connectivity index (χ1v) is 7.76. The van der Waals surface area contributed by atoms with Crippen LogP contribution in [0.1, 0.15) is 0 Å². The van der Waals surface area contributed by atoms with Gasteiger partial charge in [0.2, 0.25) is 5.91 Å². The topological polar surface area (TPSA) is 59.6 Å². The van der Waals surface area contributed by atoms with Crippen molar-refractivity contribution in [1.29, 1.82) is 0 Å². The van der Waals surface area contributed by atoms with E-state index in [1.165, 1.54) is 0 Å². The summed E-state index contributed by atoms with van der Waals surface area (Å²) in [5, 5.41) is 6.63. The first-order chi connectivity index (χ1) is 11.1. The summed E-state index contributed by atoms with van der Waals surface area (Å²) in [4.78, 5) is 12.0. The Hall–Kier alpha value is -2.11. The molecule has 23 heavy (non-hydrogen) atoms. The molecular formula is C16H14Cl2N2O3. The van der Waals surface area contributed by atoms with Crippen molar-refractivity contribution in [2.24, 2.45) is 0 Å². The predicted molar refractivity (Wildman–Crippen MR) is 91.0 cm³/mol. The Kier molecular flexibility index (Phi) is 4.79. The Morgan fingerprint density at radius 3 is 2.48 bits per heavy atom. The largest absolute Gasteiger partial charge is 0.486 e. The Bertz CT molecular complexity index is 717. The smallest absolute Gasteiger partial charge is 0.243 e. The van der Waals surface area contributed by atoms with Gasteiger partial charge in [-0.2, -0.15) is 0 Å². The highest BCUT2D eigenvalue weighted by molar-refractivity contribution is 6.39. The molecule has 0 saturated heterocycles. The minimum absolute atomic E-state index is 0.0396. The van der Waals surface area contributed by atoms with Gasteiger partial charge in [0.05, 0.1) is 22.3 Å². The summed E-state index contributed by atoms with van der Waals surface area (Å²) in [5.41, 5.74) is 1.17. The van der Waals surface area contributed by atoms with Crippen molar-refractivity contribution >= 4 is 40.5 Å². The van der Waals surface area contributed by atoms with Crippen molar-refractivity contribution < 1.29 is 14.3 Å². The molecule has 2 aromatic carbocycles. The Balaban J connectivity index is 1.61. The fourth-order valence-corrected chi connectivity index (χ4v) is 2.69. The van der Waals surface area contributed by atoms with Crippen LogP contribution < -0.4 is 20.1 Å². The number of nitrogens with one attached hydrogen (secondary N) is 2. The lowest BCUT2D eigenvalue weighted by atomic mass is 10.2. The van der Waals surface area contributed by atoms with E-state index in [1.807, 2.05) is 0 Å². The first-order valence-electron chi connectivity index (χ1n) is 7.01. The molecule has 2 N–H and O–H groups in total. The molecule has 0 fully saturated rings. The molecule has 1 amide bonds. The highest BCUT2D eigenvalue weighted by Crippen LogP contribution is 2.33. The second-order valence-corrected chi connectivity index (χ2v) is 5.67. The van der Waals surface area contributed by atoms with E-state index < -0.39 is 0 Å². The van der Waals surface area contributed by atoms with Gasteiger partial charge >= 0.3 is 0 Å². The molecular weight excluding hydrogens is 339 g/mol. The molecule has 5 nitrogen and oxygen atoms in total. The van der Waals surface area contributed by atoms with E-state index in [2.05, 4.69) is 10.6 Å². The fraction of sp³-hybridized carbons (Fsp3) is 0.188. The number of fused-ring (bicyclic) bond motifs is 1. The lowest BCUT2D eigenvalue weighted by Crippen LogP contribution is -2.22. The Labute approximate surface area is 143 Å². The van der Waals surface area contributed by atoms with Crippen LogP contribution in [-0.2, 0) is 4.79 Å². The Morgan fingerprint density at radius 2 is 1.74 bits per heavy atom. The lowest BCUT2D eigenvalue weighted by Gasteiger charge is -2.19. The van der Waals surface area contributed by atoms with E-state index >= 15 is 0 Å². The van der Waals surface area contributed by atoms with Crippen molar-refractivity contribution in [3.05, 3.63) is 46.4 Å². The number of carbonyl (C=O) groups is 1. The maximum Gasteiger partial charge on any atom is 0.243 e. The van der Waals surface area contributed by atoms with Gasteiger partial charge in [-0.05, 0) is 24.3 Å². The second-order valence-electron chi connectivity index (χ2n) is 4.86. The molecule has 7 heteroatoms. The summed E-state index contributed by atoms with van der Waals surface area (Å²) < 4.78 is 10.9. The van der Waals surface area contributed by atoms with Crippen LogP contribution in [0.25, 0.3) is 0 Å². The molecule has 0 aliphatic carbocycles. The van der Waals surface area contributed by atoms with Crippen LogP contribution in [0.4, 0.5) is 11.4 Å². The van der Waals surface area contributed by atoms with Gasteiger partial charge in [0.1, 0.15) is 13.2 Å². The highest BCUT2D eigenvalue weighted by Gasteiger charge is 2.13. The standard InChI is InChI=1S/C16H14Cl2N2O3/c17-11-2-1-3-12(18)16(11)19-9-15(21)20-10-4-5-13-14(8-10)23-7-6-22-13/h1-5,8,19H,6-7,9H2,(H,20,21). The van der Waals surface area contributed by atoms with Crippen LogP contribution in [0, 0.1) is 0 Å². The number of anilines is 2. The molecule has 0 aromatic heterocycles. The summed E-state index contributed by atoms with van der Waals surface area (Å²) in [6, 6.07) is 10.4. The van der Waals surface area contributed by atoms with E-state index in [4.69, 9.17) is 32.7 Å². The molecule has 120 valence electrons. The number of para-hydroxylation sites is 1. The van der Waals surface area contributed by atoms with Gasteiger partial charge in [-0.1, -0.05) is 29.3 Å². The molecule has 1 aliphatic rings. The van der Waals surface area contributed by atoms with Crippen molar-refractivity contribution in [2.75, 3.05) is 30.4 Å². The van der Waals surface area contributed by atoms with E-state index in [9.17, 15) is 4.79 Å². The van der Waals surface area contributed by atoms with Crippen molar-refractivity contribution in [2.45, 2.75) is 0 Å². The SMILES string of the molecule is O=C(CNc1c(Cl)cccc1Cl)Nc1ccc2c(c1)OCCO2. The summed E-state index contributed by atoms with van der Waals surface area (Å²) in [6.45, 7) is 1.07. The lowest BCUT2D eigenvalue weighted by molar-refractivity contribution is -0.114. The number of amides is 1. The molecule has 0 bridgehead atoms. The van der Waals surface area contributed by atoms with E-state index in [-0.39, 0.29) is 12.5 Å². The third-order valence-electron chi connectivity index (χ3n) is 3.21. The minimum Gasteiger partial charge on any atom is -0.486 e. The van der Waals surface area contributed by atoms with Gasteiger partial charge in [-0.15, -0.1) is 0 Å². The first kappa shape index (κ1) is 15.8. The number of benzene rings is 2. The van der Waals surface area contributed by atoms with Crippen LogP contribution in [0.15, 0.2) is 36.4 Å². The quantitative estimate of drug-likeness (QED) is 0.878. The van der Waals surface area contributed by atoms with Gasteiger partial charge in [0.15, 0.2) is 11.5 Å². The van der Waals surface area contributed by atoms with Crippen LogP contribution in [0.2, 0.25) is 10.0 Å². The number of halogens is 2. The van der Waals surface area contributed by atoms with E-state index in [0.717, 1.165) is 0 Å². The van der Waals surface area contributed by atoms with Gasteiger partial charge in [-0.3, -0.25) is 4.79 Å². The number of hydrogen-bond donors (Lipinski definition) is 2. The van der Waals surface area contributed by atoms with Gasteiger partial charge in [0, 0.05) is 11.8 Å². The summed E-state index contributed by atoms with van der Waals surface area (Å²) in [5.74, 6) is 1.07. The average molecular weight is 353 g/mol. The third kappa shape index (κ3) is 3.81. The van der Waals surface area contributed by atoms with E-state index in [0.29, 0.717) is 46.1 Å². The molecule has 0 spiro atoms. The fourth-order valence-electron chi connectivity index (χ4n) is 2.16. The van der Waals surface area contributed by atoms with Crippen LogP contribution in [0.5, 0.6) is 11.5 Å². The second kappa shape index (κ2) is 6.98. The molecule has 0 atom stereocenters. The molecule has 1 aliphatic heterocycles. The normalized spacial score (nSPS) is 12.6. The third-order valence-corrected chi connectivity index (χ3v) is 3.84. The molecule has 0 radical (unpaired) electrons. The van der Waals surface area contributed by atoms with Gasteiger partial charge in [-0.25, -0.2) is 0 Å².